The molecule has 150 valence electrons. The molecule has 2 aromatic rings. The van der Waals surface area contributed by atoms with Crippen molar-refractivity contribution in [3.05, 3.63) is 41.6 Å². The number of nitrogen functional groups attached to an aromatic ring is 1. The van der Waals surface area contributed by atoms with Crippen LogP contribution in [-0.4, -0.2) is 34.5 Å². The lowest BCUT2D eigenvalue weighted by atomic mass is 9.96. The van der Waals surface area contributed by atoms with Crippen molar-refractivity contribution in [1.82, 2.24) is 15.3 Å². The van der Waals surface area contributed by atoms with Crippen molar-refractivity contribution < 1.29 is 9.53 Å². The Bertz CT molecular complexity index is 853. The SMILES string of the molecule is CSc1ncc(CNC2CCN(C(=O)OC(C)(C)C)c3ccccc32)c(N)n1. The number of hydrogen-bond acceptors (Lipinski definition) is 7. The zero-order valence-corrected chi connectivity index (χ0v) is 17.5. The molecule has 1 aliphatic heterocycles. The summed E-state index contributed by atoms with van der Waals surface area (Å²) in [6, 6.07) is 8.02. The highest BCUT2D eigenvalue weighted by Crippen LogP contribution is 2.34. The van der Waals surface area contributed by atoms with Crippen molar-refractivity contribution >= 4 is 29.4 Å². The molecule has 0 fully saturated rings. The molecule has 1 aromatic carbocycles. The van der Waals surface area contributed by atoms with Gasteiger partial charge < -0.3 is 15.8 Å². The number of carbonyl (C=O) groups is 1. The summed E-state index contributed by atoms with van der Waals surface area (Å²) in [4.78, 5) is 22.9. The van der Waals surface area contributed by atoms with Gasteiger partial charge in [-0.25, -0.2) is 14.8 Å². The Hall–Kier alpha value is -2.32. The predicted molar refractivity (Wildman–Crippen MR) is 112 cm³/mol. The Balaban J connectivity index is 1.75. The number of nitrogens with one attached hydrogen (secondary N) is 1. The van der Waals surface area contributed by atoms with Crippen LogP contribution in [-0.2, 0) is 11.3 Å². The fourth-order valence-corrected chi connectivity index (χ4v) is 3.50. The molecule has 1 aliphatic rings. The van der Waals surface area contributed by atoms with E-state index < -0.39 is 5.60 Å². The zero-order valence-electron chi connectivity index (χ0n) is 16.7. The minimum absolute atomic E-state index is 0.106. The second-order valence-electron chi connectivity index (χ2n) is 7.68. The summed E-state index contributed by atoms with van der Waals surface area (Å²) < 4.78 is 5.57. The first-order chi connectivity index (χ1) is 13.3. The average molecular weight is 402 g/mol. The number of anilines is 2. The molecular weight excluding hydrogens is 374 g/mol. The summed E-state index contributed by atoms with van der Waals surface area (Å²) in [5, 5.41) is 4.20. The van der Waals surface area contributed by atoms with Gasteiger partial charge in [0.2, 0.25) is 0 Å². The van der Waals surface area contributed by atoms with Crippen molar-refractivity contribution in [2.24, 2.45) is 0 Å². The van der Waals surface area contributed by atoms with Crippen LogP contribution >= 0.6 is 11.8 Å². The predicted octanol–water partition coefficient (Wildman–Crippen LogP) is 3.76. The molecule has 3 N–H and O–H groups in total. The number of aromatic nitrogens is 2. The maximum Gasteiger partial charge on any atom is 0.414 e. The van der Waals surface area contributed by atoms with Crippen LogP contribution < -0.4 is 16.0 Å². The number of para-hydroxylation sites is 1. The number of nitrogens with zero attached hydrogens (tertiary/aromatic N) is 3. The fourth-order valence-electron chi connectivity index (χ4n) is 3.15. The molecule has 0 saturated carbocycles. The molecule has 3 rings (SSSR count). The van der Waals surface area contributed by atoms with Crippen LogP contribution in [0.25, 0.3) is 0 Å². The number of benzene rings is 1. The number of fused-ring (bicyclic) bond motifs is 1. The molecule has 7 nitrogen and oxygen atoms in total. The lowest BCUT2D eigenvalue weighted by Crippen LogP contribution is -2.42. The van der Waals surface area contributed by atoms with Crippen LogP contribution in [0.5, 0.6) is 0 Å². The summed E-state index contributed by atoms with van der Waals surface area (Å²) >= 11 is 1.46. The first kappa shape index (κ1) is 20.4. The normalized spacial score (nSPS) is 16.6. The number of thioether (sulfide) groups is 1. The topological polar surface area (TPSA) is 93.4 Å². The van der Waals surface area contributed by atoms with E-state index >= 15 is 0 Å². The molecule has 0 radical (unpaired) electrons. The Labute approximate surface area is 170 Å². The van der Waals surface area contributed by atoms with Gasteiger partial charge in [0.05, 0.1) is 5.69 Å². The number of nitrogens with two attached hydrogens (primary N) is 1. The Morgan fingerprint density at radius 1 is 1.39 bits per heavy atom. The van der Waals surface area contributed by atoms with Gasteiger partial charge in [0.15, 0.2) is 5.16 Å². The number of ether oxygens (including phenoxy) is 1. The Morgan fingerprint density at radius 3 is 2.82 bits per heavy atom. The van der Waals surface area contributed by atoms with Crippen molar-refractivity contribution in [3.63, 3.8) is 0 Å². The molecule has 0 spiro atoms. The summed E-state index contributed by atoms with van der Waals surface area (Å²) in [5.74, 6) is 0.492. The van der Waals surface area contributed by atoms with Gasteiger partial charge in [-0.2, -0.15) is 0 Å². The van der Waals surface area contributed by atoms with E-state index in [-0.39, 0.29) is 12.1 Å². The van der Waals surface area contributed by atoms with Gasteiger partial charge >= 0.3 is 6.09 Å². The van der Waals surface area contributed by atoms with E-state index in [1.807, 2.05) is 51.3 Å². The third-order valence-electron chi connectivity index (χ3n) is 4.46. The second kappa shape index (κ2) is 8.36. The molecule has 28 heavy (non-hydrogen) atoms. The lowest BCUT2D eigenvalue weighted by Gasteiger charge is -2.35. The molecule has 0 bridgehead atoms. The van der Waals surface area contributed by atoms with Crippen molar-refractivity contribution in [2.75, 3.05) is 23.4 Å². The molecular formula is C20H27N5O2S. The first-order valence-corrected chi connectivity index (χ1v) is 10.5. The van der Waals surface area contributed by atoms with Crippen molar-refractivity contribution in [3.8, 4) is 0 Å². The second-order valence-corrected chi connectivity index (χ2v) is 8.45. The van der Waals surface area contributed by atoms with Crippen LogP contribution in [0, 0.1) is 0 Å². The molecule has 1 amide bonds. The van der Waals surface area contributed by atoms with E-state index in [2.05, 4.69) is 15.3 Å². The van der Waals surface area contributed by atoms with Gasteiger partial charge in [-0.3, -0.25) is 4.90 Å². The molecule has 1 aromatic heterocycles. The summed E-state index contributed by atoms with van der Waals surface area (Å²) in [6.07, 6.45) is 4.15. The highest BCUT2D eigenvalue weighted by atomic mass is 32.2. The molecule has 8 heteroatoms. The third kappa shape index (κ3) is 4.74. The maximum absolute atomic E-state index is 12.6. The number of rotatable bonds is 4. The van der Waals surface area contributed by atoms with E-state index in [0.29, 0.717) is 24.1 Å². The lowest BCUT2D eigenvalue weighted by molar-refractivity contribution is 0.0576. The van der Waals surface area contributed by atoms with Gasteiger partial charge in [-0.1, -0.05) is 30.0 Å². The minimum Gasteiger partial charge on any atom is -0.443 e. The van der Waals surface area contributed by atoms with Crippen LogP contribution in [0.1, 0.15) is 44.4 Å². The first-order valence-electron chi connectivity index (χ1n) is 9.26. The van der Waals surface area contributed by atoms with Gasteiger partial charge in [-0.15, -0.1) is 0 Å². The summed E-state index contributed by atoms with van der Waals surface area (Å²) in [7, 11) is 0. The van der Waals surface area contributed by atoms with E-state index in [0.717, 1.165) is 23.2 Å². The number of hydrogen-bond donors (Lipinski definition) is 2. The van der Waals surface area contributed by atoms with Gasteiger partial charge in [0.1, 0.15) is 11.4 Å². The molecule has 1 unspecified atom stereocenters. The monoisotopic (exact) mass is 401 g/mol. The van der Waals surface area contributed by atoms with Crippen LogP contribution in [0.4, 0.5) is 16.3 Å². The Kier molecular flexibility index (Phi) is 6.10. The van der Waals surface area contributed by atoms with E-state index in [1.165, 1.54) is 11.8 Å². The van der Waals surface area contributed by atoms with Crippen LogP contribution in [0.15, 0.2) is 35.6 Å². The third-order valence-corrected chi connectivity index (χ3v) is 5.02. The molecule has 0 aliphatic carbocycles. The quantitative estimate of drug-likeness (QED) is 0.595. The molecule has 1 atom stereocenters. The fraction of sp³-hybridized carbons (Fsp3) is 0.450. The molecule has 2 heterocycles. The Morgan fingerprint density at radius 2 is 2.14 bits per heavy atom. The minimum atomic E-state index is -0.526. The van der Waals surface area contributed by atoms with Gasteiger partial charge in [-0.05, 0) is 45.1 Å². The average Bonchev–Trinajstić information content (AvgIpc) is 2.65. The summed E-state index contributed by atoms with van der Waals surface area (Å²) in [6.45, 7) is 6.77. The number of amides is 1. The number of carbonyl (C=O) groups excluding carboxylic acids is 1. The van der Waals surface area contributed by atoms with Crippen molar-refractivity contribution in [1.29, 1.82) is 0 Å². The largest absolute Gasteiger partial charge is 0.443 e. The van der Waals surface area contributed by atoms with Crippen LogP contribution in [0.2, 0.25) is 0 Å². The van der Waals surface area contributed by atoms with E-state index in [9.17, 15) is 4.79 Å². The summed E-state index contributed by atoms with van der Waals surface area (Å²) in [5.41, 5.74) is 8.34. The van der Waals surface area contributed by atoms with E-state index in [4.69, 9.17) is 10.5 Å². The standard InChI is InChI=1S/C20H27N5O2S/c1-20(2,3)27-19(26)25-10-9-15(14-7-5-6-8-16(14)25)22-11-13-12-23-18(28-4)24-17(13)21/h5-8,12,15,22H,9-11H2,1-4H3,(H2,21,23,24). The zero-order chi connectivity index (χ0) is 20.3. The van der Waals surface area contributed by atoms with Crippen molar-refractivity contribution in [2.45, 2.75) is 50.5 Å². The van der Waals surface area contributed by atoms with Gasteiger partial charge in [0.25, 0.3) is 0 Å². The van der Waals surface area contributed by atoms with Gasteiger partial charge in [0, 0.05) is 30.9 Å². The van der Waals surface area contributed by atoms with E-state index in [1.54, 1.807) is 11.1 Å². The highest BCUT2D eigenvalue weighted by Gasteiger charge is 2.31. The van der Waals surface area contributed by atoms with Crippen LogP contribution in [0.3, 0.4) is 0 Å². The molecule has 0 saturated heterocycles. The smallest absolute Gasteiger partial charge is 0.414 e. The maximum atomic E-state index is 12.6. The highest BCUT2D eigenvalue weighted by molar-refractivity contribution is 7.98.